The van der Waals surface area contributed by atoms with Crippen LogP contribution in [0.2, 0.25) is 0 Å². The Kier molecular flexibility index (Phi) is 4.00. The van der Waals surface area contributed by atoms with Gasteiger partial charge >= 0.3 is 0 Å². The number of imidazole rings is 1. The zero-order valence-corrected chi connectivity index (χ0v) is 16.1. The monoisotopic (exact) mass is 377 g/mol. The van der Waals surface area contributed by atoms with Gasteiger partial charge in [-0.3, -0.25) is 4.79 Å². The Labute approximate surface area is 163 Å². The molecule has 0 unspecified atom stereocenters. The molecule has 6 nitrogen and oxygen atoms in total. The molecule has 1 saturated carbocycles. The van der Waals surface area contributed by atoms with E-state index in [1.165, 1.54) is 24.2 Å². The fraction of sp³-hybridized carbons (Fsp3) is 0.364. The summed E-state index contributed by atoms with van der Waals surface area (Å²) in [5.74, 6) is 2.98. The summed E-state index contributed by atoms with van der Waals surface area (Å²) in [6, 6.07) is 13.9. The first-order valence-electron chi connectivity index (χ1n) is 9.67. The van der Waals surface area contributed by atoms with E-state index in [0.717, 1.165) is 5.52 Å². The SMILES string of the molecule is COc1ccc(C(=O)N2CC(n3c(C4CC4)nc4ccccc43)C2)cc1OC. The van der Waals surface area contributed by atoms with E-state index in [-0.39, 0.29) is 11.9 Å². The van der Waals surface area contributed by atoms with Crippen molar-refractivity contribution in [2.75, 3.05) is 27.3 Å². The van der Waals surface area contributed by atoms with Crippen LogP contribution in [-0.4, -0.2) is 47.7 Å². The average molecular weight is 377 g/mol. The second-order valence-electron chi connectivity index (χ2n) is 7.54. The van der Waals surface area contributed by atoms with Gasteiger partial charge in [-0.1, -0.05) is 12.1 Å². The summed E-state index contributed by atoms with van der Waals surface area (Å²) in [5.41, 5.74) is 2.84. The first-order chi connectivity index (χ1) is 13.7. The van der Waals surface area contributed by atoms with Gasteiger partial charge in [0.05, 0.1) is 31.3 Å². The lowest BCUT2D eigenvalue weighted by Crippen LogP contribution is -2.51. The fourth-order valence-corrected chi connectivity index (χ4v) is 4.01. The first kappa shape index (κ1) is 17.1. The number of ether oxygens (including phenoxy) is 2. The molecule has 2 aromatic carbocycles. The van der Waals surface area contributed by atoms with Crippen LogP contribution in [0.15, 0.2) is 42.5 Å². The van der Waals surface area contributed by atoms with Gasteiger partial charge in [0.2, 0.25) is 0 Å². The number of amides is 1. The number of rotatable bonds is 5. The van der Waals surface area contributed by atoms with Crippen molar-refractivity contribution in [2.24, 2.45) is 0 Å². The van der Waals surface area contributed by atoms with Crippen LogP contribution in [0.4, 0.5) is 0 Å². The summed E-state index contributed by atoms with van der Waals surface area (Å²) < 4.78 is 13.0. The molecule has 0 atom stereocenters. The zero-order valence-electron chi connectivity index (χ0n) is 16.1. The summed E-state index contributed by atoms with van der Waals surface area (Å²) >= 11 is 0. The standard InChI is InChI=1S/C22H23N3O3/c1-27-19-10-9-15(11-20(19)28-2)22(26)24-12-16(13-24)25-18-6-4-3-5-17(18)23-21(25)14-7-8-14/h3-6,9-11,14,16H,7-8,12-13H2,1-2H3. The molecule has 0 radical (unpaired) electrons. The van der Waals surface area contributed by atoms with Gasteiger partial charge in [-0.2, -0.15) is 0 Å². The van der Waals surface area contributed by atoms with Crippen LogP contribution < -0.4 is 9.47 Å². The minimum atomic E-state index is 0.0228. The molecule has 1 aliphatic carbocycles. The van der Waals surface area contributed by atoms with Gasteiger partial charge in [0.15, 0.2) is 11.5 Å². The highest BCUT2D eigenvalue weighted by Crippen LogP contribution is 2.43. The van der Waals surface area contributed by atoms with Gasteiger partial charge in [0.1, 0.15) is 5.82 Å². The zero-order chi connectivity index (χ0) is 19.3. The Morgan fingerprint density at radius 1 is 1.04 bits per heavy atom. The molecule has 1 aromatic heterocycles. The number of carbonyl (C=O) groups excluding carboxylic acids is 1. The number of benzene rings is 2. The third kappa shape index (κ3) is 2.71. The van der Waals surface area contributed by atoms with Gasteiger partial charge < -0.3 is 18.9 Å². The normalized spacial score (nSPS) is 16.9. The highest BCUT2D eigenvalue weighted by Gasteiger charge is 2.38. The van der Waals surface area contributed by atoms with Gasteiger partial charge in [-0.25, -0.2) is 4.98 Å². The molecule has 5 rings (SSSR count). The average Bonchev–Trinajstić information content (AvgIpc) is 3.48. The molecule has 1 saturated heterocycles. The molecule has 144 valence electrons. The van der Waals surface area contributed by atoms with Crippen LogP contribution >= 0.6 is 0 Å². The number of methoxy groups -OCH3 is 2. The van der Waals surface area contributed by atoms with Crippen molar-refractivity contribution in [3.8, 4) is 11.5 Å². The molecule has 1 aliphatic heterocycles. The number of nitrogens with zero attached hydrogens (tertiary/aromatic N) is 3. The Bertz CT molecular complexity index is 1050. The predicted octanol–water partition coefficient (Wildman–Crippen LogP) is 3.63. The van der Waals surface area contributed by atoms with Crippen molar-refractivity contribution in [1.82, 2.24) is 14.5 Å². The third-order valence-corrected chi connectivity index (χ3v) is 5.71. The second-order valence-corrected chi connectivity index (χ2v) is 7.54. The van der Waals surface area contributed by atoms with E-state index in [1.54, 1.807) is 32.4 Å². The van der Waals surface area contributed by atoms with E-state index in [1.807, 2.05) is 11.0 Å². The molecule has 3 aromatic rings. The fourth-order valence-electron chi connectivity index (χ4n) is 4.01. The Balaban J connectivity index is 1.37. The highest BCUT2D eigenvalue weighted by atomic mass is 16.5. The summed E-state index contributed by atoms with van der Waals surface area (Å²) in [6.07, 6.45) is 2.43. The molecule has 0 bridgehead atoms. The number of para-hydroxylation sites is 2. The lowest BCUT2D eigenvalue weighted by molar-refractivity contribution is 0.0521. The number of hydrogen-bond acceptors (Lipinski definition) is 4. The molecular weight excluding hydrogens is 354 g/mol. The highest BCUT2D eigenvalue weighted by molar-refractivity contribution is 5.95. The van der Waals surface area contributed by atoms with Crippen molar-refractivity contribution >= 4 is 16.9 Å². The minimum absolute atomic E-state index is 0.0228. The smallest absolute Gasteiger partial charge is 0.254 e. The van der Waals surface area contributed by atoms with Crippen molar-refractivity contribution < 1.29 is 14.3 Å². The van der Waals surface area contributed by atoms with Crippen molar-refractivity contribution in [3.05, 3.63) is 53.9 Å². The van der Waals surface area contributed by atoms with E-state index < -0.39 is 0 Å². The molecule has 1 amide bonds. The lowest BCUT2D eigenvalue weighted by Gasteiger charge is -2.41. The van der Waals surface area contributed by atoms with Crippen LogP contribution in [0.3, 0.4) is 0 Å². The van der Waals surface area contributed by atoms with Gasteiger partial charge in [0.25, 0.3) is 5.91 Å². The topological polar surface area (TPSA) is 56.6 Å². The molecule has 28 heavy (non-hydrogen) atoms. The Hall–Kier alpha value is -3.02. The number of aromatic nitrogens is 2. The van der Waals surface area contributed by atoms with Crippen molar-refractivity contribution in [1.29, 1.82) is 0 Å². The largest absolute Gasteiger partial charge is 0.493 e. The lowest BCUT2D eigenvalue weighted by atomic mass is 10.0. The summed E-state index contributed by atoms with van der Waals surface area (Å²) in [5, 5.41) is 0. The Morgan fingerprint density at radius 3 is 2.50 bits per heavy atom. The number of likely N-dealkylation sites (tertiary alicyclic amines) is 1. The third-order valence-electron chi connectivity index (χ3n) is 5.71. The van der Waals surface area contributed by atoms with Gasteiger partial charge in [-0.15, -0.1) is 0 Å². The van der Waals surface area contributed by atoms with Gasteiger partial charge in [0, 0.05) is 24.6 Å². The number of hydrogen-bond donors (Lipinski definition) is 0. The number of fused-ring (bicyclic) bond motifs is 1. The van der Waals surface area contributed by atoms with Crippen LogP contribution in [0.5, 0.6) is 11.5 Å². The summed E-state index contributed by atoms with van der Waals surface area (Å²) in [4.78, 5) is 19.7. The predicted molar refractivity (Wildman–Crippen MR) is 106 cm³/mol. The first-order valence-corrected chi connectivity index (χ1v) is 9.67. The maximum Gasteiger partial charge on any atom is 0.254 e. The maximum absolute atomic E-state index is 12.9. The van der Waals surface area contributed by atoms with E-state index in [2.05, 4.69) is 22.8 Å². The van der Waals surface area contributed by atoms with Crippen LogP contribution in [0.25, 0.3) is 11.0 Å². The van der Waals surface area contributed by atoms with Gasteiger partial charge in [-0.05, 0) is 43.2 Å². The summed E-state index contributed by atoms with van der Waals surface area (Å²) in [7, 11) is 3.17. The van der Waals surface area contributed by atoms with E-state index in [9.17, 15) is 4.79 Å². The van der Waals surface area contributed by atoms with Crippen molar-refractivity contribution in [2.45, 2.75) is 24.8 Å². The molecular formula is C22H23N3O3. The number of carbonyl (C=O) groups is 1. The van der Waals surface area contributed by atoms with E-state index >= 15 is 0 Å². The quantitative estimate of drug-likeness (QED) is 0.681. The van der Waals surface area contributed by atoms with Crippen LogP contribution in [0, 0.1) is 0 Å². The molecule has 2 heterocycles. The maximum atomic E-state index is 12.9. The molecule has 0 spiro atoms. The van der Waals surface area contributed by atoms with E-state index in [4.69, 9.17) is 14.5 Å². The van der Waals surface area contributed by atoms with Crippen LogP contribution in [0.1, 0.15) is 41.0 Å². The van der Waals surface area contributed by atoms with E-state index in [0.29, 0.717) is 36.1 Å². The Morgan fingerprint density at radius 2 is 1.79 bits per heavy atom. The minimum Gasteiger partial charge on any atom is -0.493 e. The molecule has 2 aliphatic rings. The molecule has 0 N–H and O–H groups in total. The molecule has 2 fully saturated rings. The summed E-state index contributed by atoms with van der Waals surface area (Å²) in [6.45, 7) is 1.40. The molecule has 6 heteroatoms. The van der Waals surface area contributed by atoms with Crippen molar-refractivity contribution in [3.63, 3.8) is 0 Å². The van der Waals surface area contributed by atoms with Crippen LogP contribution in [-0.2, 0) is 0 Å². The second kappa shape index (κ2) is 6.55.